The molecular weight excluding hydrogens is 314 g/mol. The van der Waals surface area contributed by atoms with Crippen LogP contribution in [0.2, 0.25) is 0 Å². The molecule has 1 N–H and O–H groups in total. The van der Waals surface area contributed by atoms with Crippen LogP contribution in [-0.2, 0) is 11.2 Å². The molecule has 0 aromatic carbocycles. The van der Waals surface area contributed by atoms with Crippen molar-refractivity contribution in [2.75, 3.05) is 13.1 Å². The van der Waals surface area contributed by atoms with E-state index < -0.39 is 0 Å². The van der Waals surface area contributed by atoms with Gasteiger partial charge in [-0.25, -0.2) is 9.97 Å². The first-order valence-corrected chi connectivity index (χ1v) is 8.95. The summed E-state index contributed by atoms with van der Waals surface area (Å²) in [7, 11) is 0. The van der Waals surface area contributed by atoms with E-state index in [1.54, 1.807) is 12.4 Å². The molecule has 0 spiro atoms. The minimum Gasteiger partial charge on any atom is -0.342 e. The van der Waals surface area contributed by atoms with Gasteiger partial charge in [0.05, 0.1) is 11.9 Å². The Morgan fingerprint density at radius 3 is 2.80 bits per heavy atom. The van der Waals surface area contributed by atoms with Crippen LogP contribution in [0, 0.1) is 18.3 Å². The van der Waals surface area contributed by atoms with Crippen LogP contribution in [0.15, 0.2) is 18.6 Å². The number of aromatic amines is 1. The van der Waals surface area contributed by atoms with Crippen molar-refractivity contribution in [2.45, 2.75) is 47.0 Å². The van der Waals surface area contributed by atoms with Gasteiger partial charge in [0.1, 0.15) is 5.69 Å². The van der Waals surface area contributed by atoms with Crippen molar-refractivity contribution in [3.63, 3.8) is 0 Å². The largest absolute Gasteiger partial charge is 0.342 e. The quantitative estimate of drug-likeness (QED) is 0.931. The number of rotatable bonds is 3. The lowest BCUT2D eigenvalue weighted by atomic mass is 9.89. The highest BCUT2D eigenvalue weighted by Crippen LogP contribution is 2.25. The molecule has 0 aliphatic carbocycles. The van der Waals surface area contributed by atoms with E-state index in [2.05, 4.69) is 15.0 Å². The van der Waals surface area contributed by atoms with E-state index in [1.165, 1.54) is 0 Å². The van der Waals surface area contributed by atoms with Gasteiger partial charge in [-0.2, -0.15) is 0 Å². The number of nitrogens with one attached hydrogen (secondary N) is 1. The van der Waals surface area contributed by atoms with Gasteiger partial charge in [-0.1, -0.05) is 20.8 Å². The highest BCUT2D eigenvalue weighted by Gasteiger charge is 2.31. The molecule has 0 radical (unpaired) electrons. The van der Waals surface area contributed by atoms with Crippen molar-refractivity contribution in [1.82, 2.24) is 24.8 Å². The molecule has 134 valence electrons. The van der Waals surface area contributed by atoms with Crippen molar-refractivity contribution < 1.29 is 4.79 Å². The molecule has 0 saturated carbocycles. The SMILES string of the molecule is Cc1cnc(-c2cncc(C[C@H]3CCCN(C(=O)C(C)(C)C)C3)n2)[nH]1. The van der Waals surface area contributed by atoms with Crippen LogP contribution in [0.3, 0.4) is 0 Å². The zero-order valence-corrected chi connectivity index (χ0v) is 15.5. The summed E-state index contributed by atoms with van der Waals surface area (Å²) >= 11 is 0. The minimum absolute atomic E-state index is 0.239. The van der Waals surface area contributed by atoms with Gasteiger partial charge in [0, 0.05) is 36.6 Å². The highest BCUT2D eigenvalue weighted by atomic mass is 16.2. The summed E-state index contributed by atoms with van der Waals surface area (Å²) in [6.07, 6.45) is 8.37. The normalized spacial score (nSPS) is 18.4. The fourth-order valence-electron chi connectivity index (χ4n) is 3.35. The van der Waals surface area contributed by atoms with E-state index in [1.807, 2.05) is 38.8 Å². The maximum absolute atomic E-state index is 12.5. The zero-order chi connectivity index (χ0) is 18.0. The van der Waals surface area contributed by atoms with E-state index in [9.17, 15) is 4.79 Å². The Balaban J connectivity index is 1.69. The number of imidazole rings is 1. The topological polar surface area (TPSA) is 74.8 Å². The Kier molecular flexibility index (Phi) is 4.88. The van der Waals surface area contributed by atoms with Gasteiger partial charge < -0.3 is 9.88 Å². The fourth-order valence-corrected chi connectivity index (χ4v) is 3.35. The monoisotopic (exact) mass is 341 g/mol. The summed E-state index contributed by atoms with van der Waals surface area (Å²) in [5, 5.41) is 0. The smallest absolute Gasteiger partial charge is 0.227 e. The first-order chi connectivity index (χ1) is 11.8. The molecule has 6 nitrogen and oxygen atoms in total. The number of carbonyl (C=O) groups excluding carboxylic acids is 1. The maximum Gasteiger partial charge on any atom is 0.227 e. The number of aromatic nitrogens is 4. The molecule has 25 heavy (non-hydrogen) atoms. The van der Waals surface area contributed by atoms with Gasteiger partial charge >= 0.3 is 0 Å². The van der Waals surface area contributed by atoms with Gasteiger partial charge in [-0.3, -0.25) is 9.78 Å². The molecule has 3 heterocycles. The summed E-state index contributed by atoms with van der Waals surface area (Å²) in [4.78, 5) is 31.1. The number of amides is 1. The third-order valence-corrected chi connectivity index (χ3v) is 4.58. The summed E-state index contributed by atoms with van der Waals surface area (Å²) in [5.74, 6) is 1.42. The van der Waals surface area contributed by atoms with E-state index >= 15 is 0 Å². The van der Waals surface area contributed by atoms with Crippen molar-refractivity contribution in [1.29, 1.82) is 0 Å². The lowest BCUT2D eigenvalue weighted by molar-refractivity contribution is -0.141. The molecular formula is C19H27N5O. The van der Waals surface area contributed by atoms with E-state index in [0.717, 1.165) is 55.3 Å². The molecule has 2 aromatic rings. The number of piperidine rings is 1. The maximum atomic E-state index is 12.5. The second-order valence-corrected chi connectivity index (χ2v) is 8.02. The number of H-pyrrole nitrogens is 1. The predicted octanol–water partition coefficient (Wildman–Crippen LogP) is 3.00. The zero-order valence-electron chi connectivity index (χ0n) is 15.5. The Morgan fingerprint density at radius 1 is 1.32 bits per heavy atom. The lowest BCUT2D eigenvalue weighted by Gasteiger charge is -2.36. The average Bonchev–Trinajstić information content (AvgIpc) is 3.00. The Labute approximate surface area is 149 Å². The summed E-state index contributed by atoms with van der Waals surface area (Å²) in [6.45, 7) is 9.60. The third kappa shape index (κ3) is 4.24. The fraction of sp³-hybridized carbons (Fsp3) is 0.579. The van der Waals surface area contributed by atoms with Gasteiger partial charge in [0.25, 0.3) is 0 Å². The second kappa shape index (κ2) is 6.94. The van der Waals surface area contributed by atoms with Crippen molar-refractivity contribution in [3.8, 4) is 11.5 Å². The van der Waals surface area contributed by atoms with E-state index in [0.29, 0.717) is 5.92 Å². The van der Waals surface area contributed by atoms with Crippen LogP contribution in [0.5, 0.6) is 0 Å². The average molecular weight is 341 g/mol. The molecule has 1 saturated heterocycles. The first kappa shape index (κ1) is 17.6. The molecule has 1 atom stereocenters. The predicted molar refractivity (Wildman–Crippen MR) is 96.8 cm³/mol. The van der Waals surface area contributed by atoms with E-state index in [4.69, 9.17) is 4.98 Å². The minimum atomic E-state index is -0.321. The van der Waals surface area contributed by atoms with Crippen molar-refractivity contribution in [2.24, 2.45) is 11.3 Å². The summed E-state index contributed by atoms with van der Waals surface area (Å²) in [6, 6.07) is 0. The van der Waals surface area contributed by atoms with Gasteiger partial charge in [0.2, 0.25) is 5.91 Å². The number of hydrogen-bond acceptors (Lipinski definition) is 4. The molecule has 1 aliphatic rings. The van der Waals surface area contributed by atoms with Crippen LogP contribution in [0.1, 0.15) is 45.0 Å². The van der Waals surface area contributed by atoms with Gasteiger partial charge in [-0.15, -0.1) is 0 Å². The second-order valence-electron chi connectivity index (χ2n) is 8.02. The van der Waals surface area contributed by atoms with Crippen LogP contribution in [0.25, 0.3) is 11.5 Å². The van der Waals surface area contributed by atoms with Crippen LogP contribution in [-0.4, -0.2) is 43.8 Å². The van der Waals surface area contributed by atoms with E-state index in [-0.39, 0.29) is 11.3 Å². The van der Waals surface area contributed by atoms with Crippen LogP contribution < -0.4 is 0 Å². The number of hydrogen-bond donors (Lipinski definition) is 1. The summed E-state index contributed by atoms with van der Waals surface area (Å²) < 4.78 is 0. The molecule has 1 amide bonds. The highest BCUT2D eigenvalue weighted by molar-refractivity contribution is 5.81. The van der Waals surface area contributed by atoms with Gasteiger partial charge in [0.15, 0.2) is 5.82 Å². The molecule has 3 rings (SSSR count). The third-order valence-electron chi connectivity index (χ3n) is 4.58. The van der Waals surface area contributed by atoms with Crippen molar-refractivity contribution in [3.05, 3.63) is 30.0 Å². The molecule has 1 fully saturated rings. The van der Waals surface area contributed by atoms with Crippen LogP contribution in [0.4, 0.5) is 0 Å². The first-order valence-electron chi connectivity index (χ1n) is 8.95. The van der Waals surface area contributed by atoms with Crippen molar-refractivity contribution >= 4 is 5.91 Å². The molecule has 2 aromatic heterocycles. The Bertz CT molecular complexity index is 746. The number of aryl methyl sites for hydroxylation is 1. The summed E-state index contributed by atoms with van der Waals surface area (Å²) in [5.41, 5.74) is 2.41. The molecule has 1 aliphatic heterocycles. The molecule has 6 heteroatoms. The molecule has 0 unspecified atom stereocenters. The number of likely N-dealkylation sites (tertiary alicyclic amines) is 1. The standard InChI is InChI=1S/C19H27N5O/c1-13-9-21-17(22-13)16-11-20-10-15(23-16)8-14-6-5-7-24(12-14)18(25)19(2,3)4/h9-11,14H,5-8,12H2,1-4H3,(H,21,22)/t14-/m1/s1. The Hall–Kier alpha value is -2.24. The van der Waals surface area contributed by atoms with Gasteiger partial charge in [-0.05, 0) is 32.1 Å². The molecule has 0 bridgehead atoms. The number of carbonyl (C=O) groups is 1. The Morgan fingerprint density at radius 2 is 2.12 bits per heavy atom. The van der Waals surface area contributed by atoms with Crippen LogP contribution >= 0.6 is 0 Å². The number of nitrogens with zero attached hydrogens (tertiary/aromatic N) is 4. The lowest BCUT2D eigenvalue weighted by Crippen LogP contribution is -2.45.